The lowest BCUT2D eigenvalue weighted by Gasteiger charge is -2.21. The van der Waals surface area contributed by atoms with Crippen LogP contribution in [-0.2, 0) is 0 Å². The predicted molar refractivity (Wildman–Crippen MR) is 66.2 cm³/mol. The lowest BCUT2D eigenvalue weighted by atomic mass is 9.95. The van der Waals surface area contributed by atoms with Gasteiger partial charge in [0.2, 0.25) is 5.82 Å². The van der Waals surface area contributed by atoms with E-state index in [1.165, 1.54) is 0 Å². The molecule has 2 N–H and O–H groups in total. The number of carbonyl (C=O) groups is 1. The average Bonchev–Trinajstić information content (AvgIpc) is 2.38. The third kappa shape index (κ3) is 3.70. The van der Waals surface area contributed by atoms with Crippen LogP contribution in [0, 0.1) is 27.2 Å². The van der Waals surface area contributed by atoms with Crippen molar-refractivity contribution in [2.75, 3.05) is 13.2 Å². The topological polar surface area (TPSA) is 92.5 Å². The Morgan fingerprint density at radius 1 is 1.45 bits per heavy atom. The highest BCUT2D eigenvalue weighted by atomic mass is 19.1. The molecule has 0 saturated heterocycles. The van der Waals surface area contributed by atoms with Crippen LogP contribution in [0.5, 0.6) is 0 Å². The molecular formula is C12H14F2N2O4. The highest BCUT2D eigenvalue weighted by molar-refractivity contribution is 5.95. The second-order valence-corrected chi connectivity index (χ2v) is 5.05. The average molecular weight is 288 g/mol. The van der Waals surface area contributed by atoms with Crippen molar-refractivity contribution >= 4 is 11.6 Å². The number of aliphatic hydroxyl groups excluding tert-OH is 1. The van der Waals surface area contributed by atoms with Crippen LogP contribution in [0.4, 0.5) is 14.5 Å². The molecule has 0 aromatic heterocycles. The van der Waals surface area contributed by atoms with Gasteiger partial charge in [-0.15, -0.1) is 0 Å². The normalized spacial score (nSPS) is 11.2. The summed E-state index contributed by atoms with van der Waals surface area (Å²) in [7, 11) is 0. The smallest absolute Gasteiger partial charge is 0.308 e. The molecule has 0 heterocycles. The van der Waals surface area contributed by atoms with Crippen LogP contribution in [0.2, 0.25) is 0 Å². The fourth-order valence-electron chi connectivity index (χ4n) is 1.34. The maximum Gasteiger partial charge on any atom is 0.308 e. The number of aliphatic hydroxyl groups is 1. The summed E-state index contributed by atoms with van der Waals surface area (Å²) in [4.78, 5) is 21.2. The Morgan fingerprint density at radius 2 is 2.05 bits per heavy atom. The summed E-state index contributed by atoms with van der Waals surface area (Å²) in [5.41, 5.74) is -2.49. The van der Waals surface area contributed by atoms with Crippen molar-refractivity contribution in [2.45, 2.75) is 13.8 Å². The Kier molecular flexibility index (Phi) is 4.72. The summed E-state index contributed by atoms with van der Waals surface area (Å²) >= 11 is 0. The maximum atomic E-state index is 13.7. The van der Waals surface area contributed by atoms with Gasteiger partial charge in [0.1, 0.15) is 5.82 Å². The van der Waals surface area contributed by atoms with Crippen LogP contribution < -0.4 is 5.32 Å². The molecule has 0 atom stereocenters. The second-order valence-electron chi connectivity index (χ2n) is 5.05. The van der Waals surface area contributed by atoms with E-state index in [0.29, 0.717) is 12.1 Å². The van der Waals surface area contributed by atoms with E-state index in [1.54, 1.807) is 13.8 Å². The third-order valence-electron chi connectivity index (χ3n) is 2.62. The number of nitrogens with one attached hydrogen (secondary N) is 1. The summed E-state index contributed by atoms with van der Waals surface area (Å²) < 4.78 is 26.9. The fourth-order valence-corrected chi connectivity index (χ4v) is 1.34. The Morgan fingerprint density at radius 3 is 2.55 bits per heavy atom. The molecule has 0 bridgehead atoms. The van der Waals surface area contributed by atoms with Gasteiger partial charge in [-0.1, -0.05) is 13.8 Å². The van der Waals surface area contributed by atoms with Crippen LogP contribution in [0.15, 0.2) is 12.1 Å². The van der Waals surface area contributed by atoms with E-state index >= 15 is 0 Å². The van der Waals surface area contributed by atoms with Gasteiger partial charge in [0.25, 0.3) is 5.91 Å². The molecule has 0 aliphatic rings. The van der Waals surface area contributed by atoms with Gasteiger partial charge in [0.15, 0.2) is 0 Å². The zero-order chi connectivity index (χ0) is 15.5. The number of hydrogen-bond donors (Lipinski definition) is 2. The van der Waals surface area contributed by atoms with Crippen molar-refractivity contribution in [3.63, 3.8) is 0 Å². The number of carbonyl (C=O) groups excluding carboxylic acids is 1. The van der Waals surface area contributed by atoms with Gasteiger partial charge < -0.3 is 10.4 Å². The molecule has 0 aliphatic carbocycles. The number of nitro benzene ring substituents is 1. The van der Waals surface area contributed by atoms with E-state index in [1.807, 2.05) is 0 Å². The predicted octanol–water partition coefficient (Wildman–Crippen LogP) is 1.62. The van der Waals surface area contributed by atoms with Gasteiger partial charge in [-0.05, 0) is 6.07 Å². The fraction of sp³-hybridized carbons (Fsp3) is 0.417. The van der Waals surface area contributed by atoms with Crippen molar-refractivity contribution in [1.82, 2.24) is 5.32 Å². The van der Waals surface area contributed by atoms with Crippen molar-refractivity contribution in [2.24, 2.45) is 5.41 Å². The molecule has 110 valence electrons. The van der Waals surface area contributed by atoms with Crippen LogP contribution in [0.1, 0.15) is 24.2 Å². The van der Waals surface area contributed by atoms with Crippen molar-refractivity contribution < 1.29 is 23.6 Å². The van der Waals surface area contributed by atoms with Crippen LogP contribution in [0.25, 0.3) is 0 Å². The van der Waals surface area contributed by atoms with E-state index in [-0.39, 0.29) is 13.2 Å². The van der Waals surface area contributed by atoms with E-state index in [0.717, 1.165) is 0 Å². The number of nitro groups is 1. The summed E-state index contributed by atoms with van der Waals surface area (Å²) in [6.45, 7) is 3.08. The molecule has 1 amide bonds. The molecule has 0 radical (unpaired) electrons. The molecule has 0 spiro atoms. The minimum absolute atomic E-state index is 0.00604. The van der Waals surface area contributed by atoms with Gasteiger partial charge in [0.05, 0.1) is 16.6 Å². The van der Waals surface area contributed by atoms with Crippen LogP contribution in [0.3, 0.4) is 0 Å². The van der Waals surface area contributed by atoms with E-state index in [4.69, 9.17) is 5.11 Å². The Labute approximate surface area is 113 Å². The molecule has 1 rings (SSSR count). The second kappa shape index (κ2) is 5.91. The maximum absolute atomic E-state index is 13.7. The van der Waals surface area contributed by atoms with Gasteiger partial charge in [-0.3, -0.25) is 14.9 Å². The van der Waals surface area contributed by atoms with Crippen molar-refractivity contribution in [3.8, 4) is 0 Å². The third-order valence-corrected chi connectivity index (χ3v) is 2.62. The van der Waals surface area contributed by atoms with Crippen molar-refractivity contribution in [3.05, 3.63) is 39.4 Å². The monoisotopic (exact) mass is 288 g/mol. The van der Waals surface area contributed by atoms with Gasteiger partial charge in [-0.25, -0.2) is 4.39 Å². The summed E-state index contributed by atoms with van der Waals surface area (Å²) in [5, 5.41) is 21.9. The first-order valence-electron chi connectivity index (χ1n) is 5.70. The first-order valence-corrected chi connectivity index (χ1v) is 5.70. The first-order chi connectivity index (χ1) is 9.18. The van der Waals surface area contributed by atoms with E-state index in [2.05, 4.69) is 5.32 Å². The van der Waals surface area contributed by atoms with E-state index < -0.39 is 39.1 Å². The standard InChI is InChI=1S/C12H14F2N2O4/c1-12(2,6-17)5-15-11(18)8-3-7(13)4-9(10(8)14)16(19)20/h3-4,17H,5-6H2,1-2H3,(H,15,18). The number of amides is 1. The molecular weight excluding hydrogens is 274 g/mol. The largest absolute Gasteiger partial charge is 0.396 e. The molecule has 0 aliphatic heterocycles. The summed E-state index contributed by atoms with van der Waals surface area (Å²) in [5.74, 6) is -3.45. The summed E-state index contributed by atoms with van der Waals surface area (Å²) in [6, 6.07) is 0.993. The number of rotatable bonds is 5. The van der Waals surface area contributed by atoms with Gasteiger partial charge in [-0.2, -0.15) is 4.39 Å². The lowest BCUT2D eigenvalue weighted by Crippen LogP contribution is -2.36. The molecule has 0 unspecified atom stereocenters. The number of halogens is 2. The quantitative estimate of drug-likeness (QED) is 0.636. The molecule has 1 aromatic carbocycles. The zero-order valence-electron chi connectivity index (χ0n) is 10.9. The molecule has 0 fully saturated rings. The highest BCUT2D eigenvalue weighted by Crippen LogP contribution is 2.22. The first kappa shape index (κ1) is 16.0. The highest BCUT2D eigenvalue weighted by Gasteiger charge is 2.25. The van der Waals surface area contributed by atoms with Gasteiger partial charge in [0, 0.05) is 18.6 Å². The number of nitrogens with zero attached hydrogens (tertiary/aromatic N) is 1. The minimum atomic E-state index is -1.39. The van der Waals surface area contributed by atoms with Gasteiger partial charge >= 0.3 is 5.69 Å². The molecule has 20 heavy (non-hydrogen) atoms. The van der Waals surface area contributed by atoms with Crippen molar-refractivity contribution in [1.29, 1.82) is 0 Å². The Bertz CT molecular complexity index is 547. The van der Waals surface area contributed by atoms with Crippen LogP contribution >= 0.6 is 0 Å². The number of benzene rings is 1. The molecule has 6 nitrogen and oxygen atoms in total. The Hall–Kier alpha value is -2.09. The Balaban J connectivity index is 3.02. The van der Waals surface area contributed by atoms with Crippen LogP contribution in [-0.4, -0.2) is 29.1 Å². The molecule has 0 saturated carbocycles. The zero-order valence-corrected chi connectivity index (χ0v) is 10.9. The number of hydrogen-bond acceptors (Lipinski definition) is 4. The summed E-state index contributed by atoms with van der Waals surface area (Å²) in [6.07, 6.45) is 0. The van der Waals surface area contributed by atoms with E-state index in [9.17, 15) is 23.7 Å². The minimum Gasteiger partial charge on any atom is -0.396 e. The molecule has 1 aromatic rings. The molecule has 8 heteroatoms. The lowest BCUT2D eigenvalue weighted by molar-refractivity contribution is -0.387. The SMILES string of the molecule is CC(C)(CO)CNC(=O)c1cc(F)cc([N+](=O)[O-])c1F.